The van der Waals surface area contributed by atoms with Crippen LogP contribution in [0.3, 0.4) is 0 Å². The molecule has 1 atom stereocenters. The van der Waals surface area contributed by atoms with E-state index in [9.17, 15) is 5.11 Å². The Hall–Kier alpha value is -0.740. The van der Waals surface area contributed by atoms with E-state index >= 15 is 0 Å². The molecule has 4 heteroatoms. The van der Waals surface area contributed by atoms with E-state index in [1.165, 1.54) is 0 Å². The van der Waals surface area contributed by atoms with E-state index in [0.717, 1.165) is 40.8 Å². The summed E-state index contributed by atoms with van der Waals surface area (Å²) in [4.78, 5) is 0. The van der Waals surface area contributed by atoms with Gasteiger partial charge < -0.3 is 14.6 Å². The number of hydrogen-bond donors (Lipinski definition) is 1. The van der Waals surface area contributed by atoms with Crippen LogP contribution in [0.2, 0.25) is 0 Å². The van der Waals surface area contributed by atoms with Crippen molar-refractivity contribution in [3.63, 3.8) is 0 Å². The monoisotopic (exact) mass is 300 g/mol. The summed E-state index contributed by atoms with van der Waals surface area (Å²) in [6.45, 7) is 3.25. The van der Waals surface area contributed by atoms with Gasteiger partial charge >= 0.3 is 0 Å². The van der Waals surface area contributed by atoms with Crippen LogP contribution < -0.4 is 9.47 Å². The van der Waals surface area contributed by atoms with Crippen molar-refractivity contribution in [2.24, 2.45) is 0 Å². The molecule has 0 spiro atoms. The highest BCUT2D eigenvalue weighted by molar-refractivity contribution is 9.10. The average Bonchev–Trinajstić information content (AvgIpc) is 2.36. The number of hydrogen-bond acceptors (Lipinski definition) is 3. The molecule has 1 aliphatic heterocycles. The number of aliphatic hydroxyl groups excluding tert-OH is 1. The van der Waals surface area contributed by atoms with E-state index in [-0.39, 0.29) is 0 Å². The highest BCUT2D eigenvalue weighted by Crippen LogP contribution is 2.40. The SMILES string of the molecule is CCCCC(O)c1cc(Br)c2c(c1)OCCO2. The van der Waals surface area contributed by atoms with Crippen LogP contribution in [0.4, 0.5) is 0 Å². The maximum atomic E-state index is 10.1. The molecule has 0 aliphatic carbocycles. The Bertz CT molecular complexity index is 392. The fraction of sp³-hybridized carbons (Fsp3) is 0.538. The van der Waals surface area contributed by atoms with Crippen LogP contribution in [-0.4, -0.2) is 18.3 Å². The molecule has 0 saturated carbocycles. The van der Waals surface area contributed by atoms with E-state index in [1.807, 2.05) is 12.1 Å². The Morgan fingerprint density at radius 1 is 1.35 bits per heavy atom. The third kappa shape index (κ3) is 2.93. The minimum absolute atomic E-state index is 0.429. The maximum Gasteiger partial charge on any atom is 0.175 e. The number of unbranched alkanes of at least 4 members (excludes halogenated alkanes) is 1. The lowest BCUT2D eigenvalue weighted by atomic mass is 10.0. The van der Waals surface area contributed by atoms with E-state index in [1.54, 1.807) is 0 Å². The van der Waals surface area contributed by atoms with E-state index in [4.69, 9.17) is 9.47 Å². The van der Waals surface area contributed by atoms with Crippen molar-refractivity contribution >= 4 is 15.9 Å². The molecule has 17 heavy (non-hydrogen) atoms. The second-order valence-corrected chi connectivity index (χ2v) is 5.04. The Morgan fingerprint density at radius 3 is 2.88 bits per heavy atom. The number of halogens is 1. The van der Waals surface area contributed by atoms with Crippen molar-refractivity contribution in [1.29, 1.82) is 0 Å². The zero-order chi connectivity index (χ0) is 12.3. The zero-order valence-electron chi connectivity index (χ0n) is 9.91. The van der Waals surface area contributed by atoms with Crippen LogP contribution in [-0.2, 0) is 0 Å². The number of aliphatic hydroxyl groups is 1. The van der Waals surface area contributed by atoms with Gasteiger partial charge in [0.15, 0.2) is 11.5 Å². The zero-order valence-corrected chi connectivity index (χ0v) is 11.5. The smallest absolute Gasteiger partial charge is 0.175 e. The van der Waals surface area contributed by atoms with Crippen molar-refractivity contribution < 1.29 is 14.6 Å². The van der Waals surface area contributed by atoms with Crippen LogP contribution in [0.1, 0.15) is 37.9 Å². The topological polar surface area (TPSA) is 38.7 Å². The summed E-state index contributed by atoms with van der Waals surface area (Å²) in [7, 11) is 0. The molecular formula is C13H17BrO3. The summed E-state index contributed by atoms with van der Waals surface area (Å²) in [6, 6.07) is 3.79. The number of ether oxygens (including phenoxy) is 2. The van der Waals surface area contributed by atoms with Gasteiger partial charge in [-0.2, -0.15) is 0 Å². The first-order valence-electron chi connectivity index (χ1n) is 5.99. The average molecular weight is 301 g/mol. The molecule has 1 unspecified atom stereocenters. The van der Waals surface area contributed by atoms with E-state index in [2.05, 4.69) is 22.9 Å². The third-order valence-corrected chi connectivity index (χ3v) is 3.42. The van der Waals surface area contributed by atoms with Gasteiger partial charge in [0.2, 0.25) is 0 Å². The molecule has 0 saturated heterocycles. The highest BCUT2D eigenvalue weighted by Gasteiger charge is 2.18. The predicted molar refractivity (Wildman–Crippen MR) is 69.6 cm³/mol. The van der Waals surface area contributed by atoms with Crippen LogP contribution in [0.15, 0.2) is 16.6 Å². The van der Waals surface area contributed by atoms with Crippen LogP contribution in [0.25, 0.3) is 0 Å². The second kappa shape index (κ2) is 5.74. The molecule has 1 aromatic rings. The van der Waals surface area contributed by atoms with E-state index < -0.39 is 6.10 Å². The quantitative estimate of drug-likeness (QED) is 0.926. The molecule has 1 heterocycles. The lowest BCUT2D eigenvalue weighted by Gasteiger charge is -2.21. The molecule has 3 nitrogen and oxygen atoms in total. The molecule has 0 amide bonds. The molecule has 1 aliphatic rings. The van der Waals surface area contributed by atoms with Gasteiger partial charge in [0.1, 0.15) is 13.2 Å². The number of fused-ring (bicyclic) bond motifs is 1. The number of rotatable bonds is 4. The summed E-state index contributed by atoms with van der Waals surface area (Å²) >= 11 is 3.45. The summed E-state index contributed by atoms with van der Waals surface area (Å²) in [5.41, 5.74) is 0.884. The fourth-order valence-corrected chi connectivity index (χ4v) is 2.46. The number of benzene rings is 1. The van der Waals surface area contributed by atoms with Gasteiger partial charge in [-0.1, -0.05) is 19.8 Å². The van der Waals surface area contributed by atoms with Gasteiger partial charge in [0.25, 0.3) is 0 Å². The summed E-state index contributed by atoms with van der Waals surface area (Å²) < 4.78 is 11.9. The first-order chi connectivity index (χ1) is 8.22. The van der Waals surface area contributed by atoms with Gasteiger partial charge in [-0.15, -0.1) is 0 Å². The summed E-state index contributed by atoms with van der Waals surface area (Å²) in [6.07, 6.45) is 2.46. The third-order valence-electron chi connectivity index (χ3n) is 2.84. The Morgan fingerprint density at radius 2 is 2.12 bits per heavy atom. The van der Waals surface area contributed by atoms with Crippen LogP contribution in [0, 0.1) is 0 Å². The van der Waals surface area contributed by atoms with Gasteiger partial charge in [-0.3, -0.25) is 0 Å². The molecule has 2 rings (SSSR count). The lowest BCUT2D eigenvalue weighted by Crippen LogP contribution is -2.16. The first-order valence-corrected chi connectivity index (χ1v) is 6.78. The normalized spacial score (nSPS) is 15.7. The van der Waals surface area contributed by atoms with Gasteiger partial charge in [-0.25, -0.2) is 0 Å². The highest BCUT2D eigenvalue weighted by atomic mass is 79.9. The second-order valence-electron chi connectivity index (χ2n) is 4.18. The molecule has 0 fully saturated rings. The predicted octanol–water partition coefficient (Wildman–Crippen LogP) is 3.44. The van der Waals surface area contributed by atoms with Crippen molar-refractivity contribution in [1.82, 2.24) is 0 Å². The summed E-state index contributed by atoms with van der Waals surface area (Å²) in [5.74, 6) is 1.46. The summed E-state index contributed by atoms with van der Waals surface area (Å²) in [5, 5.41) is 10.1. The van der Waals surface area contributed by atoms with Crippen molar-refractivity contribution in [2.45, 2.75) is 32.3 Å². The van der Waals surface area contributed by atoms with Crippen molar-refractivity contribution in [3.8, 4) is 11.5 Å². The molecule has 0 radical (unpaired) electrons. The van der Waals surface area contributed by atoms with Gasteiger partial charge in [0.05, 0.1) is 10.6 Å². The van der Waals surface area contributed by atoms with Crippen LogP contribution >= 0.6 is 15.9 Å². The maximum absolute atomic E-state index is 10.1. The molecule has 1 N–H and O–H groups in total. The largest absolute Gasteiger partial charge is 0.486 e. The van der Waals surface area contributed by atoms with Crippen molar-refractivity contribution in [2.75, 3.05) is 13.2 Å². The molecule has 0 bridgehead atoms. The molecular weight excluding hydrogens is 284 g/mol. The molecule has 94 valence electrons. The van der Waals surface area contributed by atoms with Gasteiger partial charge in [0, 0.05) is 0 Å². The van der Waals surface area contributed by atoms with E-state index in [0.29, 0.717) is 13.2 Å². The molecule has 0 aromatic heterocycles. The first kappa shape index (κ1) is 12.7. The fourth-order valence-electron chi connectivity index (χ4n) is 1.89. The Labute approximate surface area is 110 Å². The van der Waals surface area contributed by atoms with Crippen molar-refractivity contribution in [3.05, 3.63) is 22.2 Å². The lowest BCUT2D eigenvalue weighted by molar-refractivity contribution is 0.157. The molecule has 1 aromatic carbocycles. The Balaban J connectivity index is 2.21. The van der Waals surface area contributed by atoms with Crippen LogP contribution in [0.5, 0.6) is 11.5 Å². The van der Waals surface area contributed by atoms with Gasteiger partial charge in [-0.05, 0) is 40.0 Å². The minimum Gasteiger partial charge on any atom is -0.486 e. The minimum atomic E-state index is -0.429. The Kier molecular flexibility index (Phi) is 4.29. The standard InChI is InChI=1S/C13H17BrO3/c1-2-3-4-11(15)9-7-10(14)13-12(8-9)16-5-6-17-13/h7-8,11,15H,2-6H2,1H3.